The molecule has 1 N–H and O–H groups in total. The fourth-order valence-electron chi connectivity index (χ4n) is 1.10. The van der Waals surface area contributed by atoms with Gasteiger partial charge in [-0.05, 0) is 32.9 Å². The maximum absolute atomic E-state index is 11.4. The molecule has 0 aromatic carbocycles. The predicted molar refractivity (Wildman–Crippen MR) is 67.7 cm³/mol. The first-order valence-corrected chi connectivity index (χ1v) is 5.86. The number of H-pyrrole nitrogens is 1. The van der Waals surface area contributed by atoms with E-state index in [1.165, 1.54) is 12.3 Å². The van der Waals surface area contributed by atoms with E-state index in [1.807, 2.05) is 0 Å². The Balaban J connectivity index is 2.40. The van der Waals surface area contributed by atoms with Crippen molar-refractivity contribution in [1.29, 1.82) is 0 Å². The Hall–Kier alpha value is -2.11. The average molecular weight is 267 g/mol. The maximum Gasteiger partial charge on any atom is 0.314 e. The highest BCUT2D eigenvalue weighted by Crippen LogP contribution is 2.15. The number of aromatic nitrogens is 1. The molecule has 0 aliphatic carbocycles. The lowest BCUT2D eigenvalue weighted by atomic mass is 9.97. The third kappa shape index (κ3) is 4.95. The van der Waals surface area contributed by atoms with Crippen LogP contribution in [-0.2, 0) is 14.3 Å². The van der Waals surface area contributed by atoms with Gasteiger partial charge in [-0.2, -0.15) is 0 Å². The predicted octanol–water partition coefficient (Wildman–Crippen LogP) is 1.26. The molecule has 0 bridgehead atoms. The molecule has 1 heterocycles. The number of aromatic amines is 1. The molecule has 1 aromatic heterocycles. The van der Waals surface area contributed by atoms with Crippen molar-refractivity contribution in [2.45, 2.75) is 27.2 Å². The van der Waals surface area contributed by atoms with Crippen LogP contribution in [0.25, 0.3) is 0 Å². The van der Waals surface area contributed by atoms with Crippen LogP contribution in [0.2, 0.25) is 0 Å². The standard InChI is InChI=1S/C13H17NO5/c1-13(2,3)12(17)18-8-6-10(15)19-9-5-4-7-14-11(9)16/h4-5,7H,6,8H2,1-3H3,(H,14,16). The van der Waals surface area contributed by atoms with E-state index in [2.05, 4.69) is 4.98 Å². The van der Waals surface area contributed by atoms with E-state index in [1.54, 1.807) is 26.8 Å². The summed E-state index contributed by atoms with van der Waals surface area (Å²) in [7, 11) is 0. The van der Waals surface area contributed by atoms with Crippen LogP contribution in [-0.4, -0.2) is 23.5 Å². The Bertz CT molecular complexity index is 512. The van der Waals surface area contributed by atoms with Gasteiger partial charge in [0.05, 0.1) is 11.8 Å². The Morgan fingerprint density at radius 1 is 1.32 bits per heavy atom. The molecule has 0 atom stereocenters. The van der Waals surface area contributed by atoms with Crippen LogP contribution in [0.3, 0.4) is 0 Å². The van der Waals surface area contributed by atoms with Crippen LogP contribution in [0, 0.1) is 5.41 Å². The highest BCUT2D eigenvalue weighted by Gasteiger charge is 2.23. The molecule has 0 spiro atoms. The third-order valence-electron chi connectivity index (χ3n) is 2.16. The highest BCUT2D eigenvalue weighted by atomic mass is 16.6. The summed E-state index contributed by atoms with van der Waals surface area (Å²) in [5.41, 5.74) is -1.09. The number of nitrogens with one attached hydrogen (secondary N) is 1. The van der Waals surface area contributed by atoms with Gasteiger partial charge in [0.1, 0.15) is 6.61 Å². The van der Waals surface area contributed by atoms with Crippen LogP contribution in [0.5, 0.6) is 5.75 Å². The molecule has 1 rings (SSSR count). The Morgan fingerprint density at radius 2 is 2.00 bits per heavy atom. The lowest BCUT2D eigenvalue weighted by Crippen LogP contribution is -2.25. The summed E-state index contributed by atoms with van der Waals surface area (Å²) < 4.78 is 9.76. The molecule has 1 aromatic rings. The lowest BCUT2D eigenvalue weighted by molar-refractivity contribution is -0.154. The van der Waals surface area contributed by atoms with Gasteiger partial charge in [-0.3, -0.25) is 14.4 Å². The molecule has 6 nitrogen and oxygen atoms in total. The van der Waals surface area contributed by atoms with Crippen molar-refractivity contribution < 1.29 is 19.1 Å². The largest absolute Gasteiger partial charge is 0.465 e. The number of hydrogen-bond acceptors (Lipinski definition) is 5. The second kappa shape index (κ2) is 6.17. The van der Waals surface area contributed by atoms with Gasteiger partial charge >= 0.3 is 11.9 Å². The van der Waals surface area contributed by atoms with Gasteiger partial charge in [-0.15, -0.1) is 0 Å². The molecular formula is C13H17NO5. The van der Waals surface area contributed by atoms with E-state index < -0.39 is 22.9 Å². The zero-order valence-electron chi connectivity index (χ0n) is 11.2. The number of carbonyl (C=O) groups excluding carboxylic acids is 2. The summed E-state index contributed by atoms with van der Waals surface area (Å²) in [6.07, 6.45) is 1.33. The number of rotatable bonds is 4. The smallest absolute Gasteiger partial charge is 0.314 e. The average Bonchev–Trinajstić information content (AvgIpc) is 2.31. The Kier molecular flexibility index (Phi) is 4.86. The van der Waals surface area contributed by atoms with Gasteiger partial charge in [0.2, 0.25) is 0 Å². The van der Waals surface area contributed by atoms with Crippen molar-refractivity contribution in [2.24, 2.45) is 5.41 Å². The number of hydrogen-bond donors (Lipinski definition) is 1. The molecule has 104 valence electrons. The maximum atomic E-state index is 11.4. The summed E-state index contributed by atoms with van der Waals surface area (Å²) in [6, 6.07) is 2.93. The van der Waals surface area contributed by atoms with Gasteiger partial charge in [0.25, 0.3) is 5.56 Å². The second-order valence-electron chi connectivity index (χ2n) is 4.97. The monoisotopic (exact) mass is 267 g/mol. The van der Waals surface area contributed by atoms with E-state index in [-0.39, 0.29) is 18.8 Å². The SMILES string of the molecule is CC(C)(C)C(=O)OCCC(=O)Oc1ccc[nH]c1=O. The number of esters is 2. The van der Waals surface area contributed by atoms with Crippen LogP contribution in [0.15, 0.2) is 23.1 Å². The van der Waals surface area contributed by atoms with Crippen LogP contribution < -0.4 is 10.3 Å². The zero-order chi connectivity index (χ0) is 14.5. The van der Waals surface area contributed by atoms with Gasteiger partial charge < -0.3 is 14.5 Å². The molecular weight excluding hydrogens is 250 g/mol. The molecule has 0 fully saturated rings. The van der Waals surface area contributed by atoms with E-state index >= 15 is 0 Å². The van der Waals surface area contributed by atoms with E-state index in [0.717, 1.165) is 0 Å². The van der Waals surface area contributed by atoms with Gasteiger partial charge in [-0.25, -0.2) is 0 Å². The molecule has 0 aliphatic heterocycles. The second-order valence-corrected chi connectivity index (χ2v) is 4.97. The van der Waals surface area contributed by atoms with Crippen molar-refractivity contribution in [3.05, 3.63) is 28.7 Å². The minimum atomic E-state index is -0.626. The van der Waals surface area contributed by atoms with Gasteiger partial charge in [0, 0.05) is 6.20 Å². The first-order chi connectivity index (χ1) is 8.80. The minimum Gasteiger partial charge on any atom is -0.465 e. The van der Waals surface area contributed by atoms with Crippen molar-refractivity contribution in [3.63, 3.8) is 0 Å². The van der Waals surface area contributed by atoms with Crippen LogP contribution >= 0.6 is 0 Å². The summed E-state index contributed by atoms with van der Waals surface area (Å²) in [5.74, 6) is -1.09. The quantitative estimate of drug-likeness (QED) is 0.830. The van der Waals surface area contributed by atoms with E-state index in [4.69, 9.17) is 9.47 Å². The Morgan fingerprint density at radius 3 is 2.58 bits per heavy atom. The van der Waals surface area contributed by atoms with E-state index in [0.29, 0.717) is 0 Å². The van der Waals surface area contributed by atoms with Crippen LogP contribution in [0.1, 0.15) is 27.2 Å². The lowest BCUT2D eigenvalue weighted by Gasteiger charge is -2.16. The Labute approximate surface area is 110 Å². The van der Waals surface area contributed by atoms with E-state index in [9.17, 15) is 14.4 Å². The summed E-state index contributed by atoms with van der Waals surface area (Å²) in [6.45, 7) is 5.09. The van der Waals surface area contributed by atoms with Crippen LogP contribution in [0.4, 0.5) is 0 Å². The summed E-state index contributed by atoms with van der Waals surface area (Å²) in [5, 5.41) is 0. The fraction of sp³-hybridized carbons (Fsp3) is 0.462. The number of carbonyl (C=O) groups is 2. The highest BCUT2D eigenvalue weighted by molar-refractivity contribution is 5.76. The normalized spacial score (nSPS) is 10.9. The number of pyridine rings is 1. The summed E-state index contributed by atoms with van der Waals surface area (Å²) in [4.78, 5) is 36.5. The molecule has 19 heavy (non-hydrogen) atoms. The first-order valence-electron chi connectivity index (χ1n) is 5.86. The molecule has 0 amide bonds. The van der Waals surface area contributed by atoms with Gasteiger partial charge in [-0.1, -0.05) is 0 Å². The van der Waals surface area contributed by atoms with Gasteiger partial charge in [0.15, 0.2) is 5.75 Å². The molecule has 0 unspecified atom stereocenters. The third-order valence-corrected chi connectivity index (χ3v) is 2.16. The molecule has 0 saturated carbocycles. The molecule has 0 radical (unpaired) electrons. The van der Waals surface area contributed by atoms with Crippen molar-refractivity contribution in [1.82, 2.24) is 4.98 Å². The van der Waals surface area contributed by atoms with Crippen molar-refractivity contribution >= 4 is 11.9 Å². The van der Waals surface area contributed by atoms with Crippen molar-refractivity contribution in [3.8, 4) is 5.75 Å². The van der Waals surface area contributed by atoms with Crippen molar-refractivity contribution in [2.75, 3.05) is 6.61 Å². The first kappa shape index (κ1) is 14.9. The topological polar surface area (TPSA) is 85.5 Å². The number of ether oxygens (including phenoxy) is 2. The molecule has 6 heteroatoms. The molecule has 0 aliphatic rings. The molecule has 0 saturated heterocycles. The fourth-order valence-corrected chi connectivity index (χ4v) is 1.10. The summed E-state index contributed by atoms with van der Waals surface area (Å²) >= 11 is 0. The minimum absolute atomic E-state index is 0.0698. The zero-order valence-corrected chi connectivity index (χ0v) is 11.2.